The summed E-state index contributed by atoms with van der Waals surface area (Å²) >= 11 is 15.4. The number of alkyl halides is 1. The van der Waals surface area contributed by atoms with Gasteiger partial charge in [-0.05, 0) is 30.0 Å². The second-order valence-electron chi connectivity index (χ2n) is 3.37. The zero-order valence-electron chi connectivity index (χ0n) is 8.23. The first-order valence-corrected chi connectivity index (χ1v) is 6.32. The normalized spacial score (nSPS) is 15.2. The lowest BCUT2D eigenvalue weighted by atomic mass is 9.94. The van der Waals surface area contributed by atoms with E-state index >= 15 is 0 Å². The molecular weight excluding hydrogens is 283 g/mol. The van der Waals surface area contributed by atoms with Crippen molar-refractivity contribution in [3.05, 3.63) is 33.8 Å². The van der Waals surface area contributed by atoms with Crippen LogP contribution in [0.4, 0.5) is 0 Å². The van der Waals surface area contributed by atoms with Crippen molar-refractivity contribution in [2.75, 3.05) is 0 Å². The maximum absolute atomic E-state index is 5.97. The molecule has 1 aromatic carbocycles. The molecule has 1 aromatic rings. The summed E-state index contributed by atoms with van der Waals surface area (Å²) in [5, 5.41) is 1.25. The highest BCUT2D eigenvalue weighted by atomic mass is 79.9. The van der Waals surface area contributed by atoms with Crippen LogP contribution in [0.3, 0.4) is 0 Å². The molecule has 0 fully saturated rings. The summed E-state index contributed by atoms with van der Waals surface area (Å²) in [5.74, 6) is 0.491. The number of hydrogen-bond donors (Lipinski definition) is 0. The van der Waals surface area contributed by atoms with Gasteiger partial charge in [-0.25, -0.2) is 0 Å². The molecule has 0 nitrogen and oxygen atoms in total. The van der Waals surface area contributed by atoms with Gasteiger partial charge in [-0.1, -0.05) is 59.0 Å². The fourth-order valence-corrected chi connectivity index (χ4v) is 2.55. The molecule has 0 aliphatic rings. The molecule has 0 aliphatic heterocycles. The van der Waals surface area contributed by atoms with Crippen LogP contribution in [0.5, 0.6) is 0 Å². The van der Waals surface area contributed by atoms with Crippen molar-refractivity contribution in [2.24, 2.45) is 0 Å². The highest BCUT2D eigenvalue weighted by molar-refractivity contribution is 9.09. The molecule has 1 rings (SSSR count). The third-order valence-electron chi connectivity index (χ3n) is 2.37. The summed E-state index contributed by atoms with van der Waals surface area (Å²) in [5.41, 5.74) is 1.24. The van der Waals surface area contributed by atoms with Gasteiger partial charge in [-0.3, -0.25) is 0 Å². The molecule has 3 heteroatoms. The van der Waals surface area contributed by atoms with Crippen LogP contribution in [0.2, 0.25) is 10.0 Å². The number of halogens is 3. The molecule has 0 aliphatic carbocycles. The minimum atomic E-state index is 0.449. The highest BCUT2D eigenvalue weighted by Gasteiger charge is 2.15. The third kappa shape index (κ3) is 2.88. The molecule has 0 aromatic heterocycles. The minimum absolute atomic E-state index is 0.449. The molecule has 0 N–H and O–H groups in total. The Morgan fingerprint density at radius 2 is 1.93 bits per heavy atom. The van der Waals surface area contributed by atoms with Crippen LogP contribution >= 0.6 is 39.1 Å². The van der Waals surface area contributed by atoms with Crippen molar-refractivity contribution in [3.8, 4) is 0 Å². The van der Waals surface area contributed by atoms with Crippen molar-refractivity contribution in [2.45, 2.75) is 31.0 Å². The summed E-state index contributed by atoms with van der Waals surface area (Å²) in [7, 11) is 0. The van der Waals surface area contributed by atoms with Crippen LogP contribution in [0.15, 0.2) is 18.2 Å². The molecule has 2 atom stereocenters. The van der Waals surface area contributed by atoms with Crippen LogP contribution < -0.4 is 0 Å². The first kappa shape index (κ1) is 12.4. The second-order valence-corrected chi connectivity index (χ2v) is 5.62. The summed E-state index contributed by atoms with van der Waals surface area (Å²) in [4.78, 5) is 0.449. The first-order valence-electron chi connectivity index (χ1n) is 4.65. The molecule has 0 amide bonds. The molecule has 0 saturated heterocycles. The molecule has 0 saturated carbocycles. The molecule has 0 bridgehead atoms. The van der Waals surface area contributed by atoms with E-state index in [1.165, 1.54) is 5.56 Å². The Morgan fingerprint density at radius 1 is 1.29 bits per heavy atom. The van der Waals surface area contributed by atoms with Gasteiger partial charge < -0.3 is 0 Å². The van der Waals surface area contributed by atoms with Gasteiger partial charge >= 0.3 is 0 Å². The van der Waals surface area contributed by atoms with Gasteiger partial charge in [0.2, 0.25) is 0 Å². The Labute approximate surface area is 104 Å². The van der Waals surface area contributed by atoms with Crippen molar-refractivity contribution < 1.29 is 0 Å². The zero-order chi connectivity index (χ0) is 10.7. The fraction of sp³-hybridized carbons (Fsp3) is 0.455. The van der Waals surface area contributed by atoms with E-state index in [9.17, 15) is 0 Å². The number of rotatable bonds is 3. The monoisotopic (exact) mass is 294 g/mol. The Hall–Kier alpha value is 0.280. The highest BCUT2D eigenvalue weighted by Crippen LogP contribution is 2.32. The largest absolute Gasteiger partial charge is 0.0887 e. The Kier molecular flexibility index (Phi) is 4.75. The molecule has 0 heterocycles. The molecule has 2 unspecified atom stereocenters. The quantitative estimate of drug-likeness (QED) is 0.666. The van der Waals surface area contributed by atoms with Gasteiger partial charge in [0.1, 0.15) is 0 Å². The second kappa shape index (κ2) is 5.39. The van der Waals surface area contributed by atoms with Gasteiger partial charge in [0.15, 0.2) is 0 Å². The maximum Gasteiger partial charge on any atom is 0.0595 e. The van der Waals surface area contributed by atoms with Crippen molar-refractivity contribution in [3.63, 3.8) is 0 Å². The Morgan fingerprint density at radius 3 is 2.36 bits per heavy atom. The van der Waals surface area contributed by atoms with Crippen LogP contribution in [0.1, 0.15) is 31.7 Å². The van der Waals surface area contributed by atoms with Crippen LogP contribution in [0.25, 0.3) is 0 Å². The Balaban J connectivity index is 3.00. The van der Waals surface area contributed by atoms with Crippen LogP contribution in [-0.2, 0) is 0 Å². The summed E-state index contributed by atoms with van der Waals surface area (Å²) in [6.07, 6.45) is 1.09. The van der Waals surface area contributed by atoms with Gasteiger partial charge in [0.05, 0.1) is 10.0 Å². The summed E-state index contributed by atoms with van der Waals surface area (Å²) in [6.45, 7) is 4.32. The van der Waals surface area contributed by atoms with Gasteiger partial charge in [-0.2, -0.15) is 0 Å². The Bertz CT molecular complexity index is 310. The van der Waals surface area contributed by atoms with Crippen molar-refractivity contribution in [1.82, 2.24) is 0 Å². The van der Waals surface area contributed by atoms with E-state index < -0.39 is 0 Å². The predicted octanol–water partition coefficient (Wildman–Crippen LogP) is 5.27. The van der Waals surface area contributed by atoms with Crippen LogP contribution in [0, 0.1) is 0 Å². The average molecular weight is 296 g/mol. The summed E-state index contributed by atoms with van der Waals surface area (Å²) in [6, 6.07) is 5.85. The smallest absolute Gasteiger partial charge is 0.0595 e. The van der Waals surface area contributed by atoms with Crippen molar-refractivity contribution in [1.29, 1.82) is 0 Å². The van der Waals surface area contributed by atoms with E-state index in [0.29, 0.717) is 20.8 Å². The number of hydrogen-bond acceptors (Lipinski definition) is 0. The molecule has 78 valence electrons. The summed E-state index contributed by atoms with van der Waals surface area (Å²) < 4.78 is 0. The lowest BCUT2D eigenvalue weighted by molar-refractivity contribution is 0.663. The molecule has 0 radical (unpaired) electrons. The van der Waals surface area contributed by atoms with E-state index in [1.807, 2.05) is 18.2 Å². The van der Waals surface area contributed by atoms with Crippen LogP contribution in [-0.4, -0.2) is 4.83 Å². The predicted molar refractivity (Wildman–Crippen MR) is 67.9 cm³/mol. The first-order chi connectivity index (χ1) is 6.56. The average Bonchev–Trinajstić information content (AvgIpc) is 2.11. The SMILES string of the molecule is CCC(c1ccc(Cl)c(Cl)c1)C(C)Br. The minimum Gasteiger partial charge on any atom is -0.0887 e. The standard InChI is InChI=1S/C11H13BrCl2/c1-3-9(7(2)12)8-4-5-10(13)11(14)6-8/h4-7,9H,3H2,1-2H3. The number of benzene rings is 1. The van der Waals surface area contributed by atoms with Crippen molar-refractivity contribution >= 4 is 39.1 Å². The van der Waals surface area contributed by atoms with Gasteiger partial charge in [-0.15, -0.1) is 0 Å². The lowest BCUT2D eigenvalue weighted by Gasteiger charge is -2.18. The van der Waals surface area contributed by atoms with E-state index in [-0.39, 0.29) is 0 Å². The topological polar surface area (TPSA) is 0 Å². The van der Waals surface area contributed by atoms with E-state index in [2.05, 4.69) is 29.8 Å². The maximum atomic E-state index is 5.97. The zero-order valence-corrected chi connectivity index (χ0v) is 11.3. The van der Waals surface area contributed by atoms with E-state index in [1.54, 1.807) is 0 Å². The third-order valence-corrected chi connectivity index (χ3v) is 3.74. The lowest BCUT2D eigenvalue weighted by Crippen LogP contribution is -2.07. The van der Waals surface area contributed by atoms with E-state index in [4.69, 9.17) is 23.2 Å². The fourth-order valence-electron chi connectivity index (χ4n) is 1.57. The molecular formula is C11H13BrCl2. The van der Waals surface area contributed by atoms with Gasteiger partial charge in [0, 0.05) is 4.83 Å². The molecule has 14 heavy (non-hydrogen) atoms. The van der Waals surface area contributed by atoms with Gasteiger partial charge in [0.25, 0.3) is 0 Å². The van der Waals surface area contributed by atoms with E-state index in [0.717, 1.165) is 6.42 Å². The molecule has 0 spiro atoms.